The van der Waals surface area contributed by atoms with E-state index < -0.39 is 0 Å². The zero-order chi connectivity index (χ0) is 14.7. The van der Waals surface area contributed by atoms with Crippen molar-refractivity contribution >= 4 is 21.7 Å². The Bertz CT molecular complexity index is 602. The third-order valence-electron chi connectivity index (χ3n) is 3.00. The molecule has 2 rings (SSSR count). The van der Waals surface area contributed by atoms with Crippen LogP contribution >= 0.6 is 15.9 Å². The first-order valence-electron chi connectivity index (χ1n) is 5.79. The topological polar surface area (TPSA) is 111 Å². The first-order chi connectivity index (χ1) is 9.63. The molecular weight excluding hydrogens is 326 g/mol. The van der Waals surface area contributed by atoms with Gasteiger partial charge in [-0.1, -0.05) is 0 Å². The molecule has 7 nitrogen and oxygen atoms in total. The molecule has 0 bridgehead atoms. The lowest BCUT2D eigenvalue weighted by molar-refractivity contribution is 0.383. The predicted octanol–water partition coefficient (Wildman–Crippen LogP) is 1.32. The number of hydrogen-bond acceptors (Lipinski definition) is 6. The molecular formula is C12H16BrN5O2. The monoisotopic (exact) mass is 341 g/mol. The van der Waals surface area contributed by atoms with Crippen LogP contribution < -0.4 is 26.5 Å². The number of H-pyrrole nitrogens is 1. The van der Waals surface area contributed by atoms with Crippen molar-refractivity contribution in [2.75, 3.05) is 20.0 Å². The van der Waals surface area contributed by atoms with Gasteiger partial charge in [-0.3, -0.25) is 10.9 Å². The number of nitrogens with one attached hydrogen (secondary N) is 2. The van der Waals surface area contributed by atoms with Crippen molar-refractivity contribution in [3.63, 3.8) is 0 Å². The zero-order valence-electron chi connectivity index (χ0n) is 11.1. The van der Waals surface area contributed by atoms with Gasteiger partial charge in [0.05, 0.1) is 26.5 Å². The van der Waals surface area contributed by atoms with E-state index in [1.54, 1.807) is 20.4 Å². The largest absolute Gasteiger partial charge is 0.495 e. The molecule has 0 aliphatic carbocycles. The predicted molar refractivity (Wildman–Crippen MR) is 79.4 cm³/mol. The van der Waals surface area contributed by atoms with Gasteiger partial charge in [-0.15, -0.1) is 0 Å². The molecule has 1 aromatic heterocycles. The summed E-state index contributed by atoms with van der Waals surface area (Å²) in [6.07, 6.45) is 1.62. The molecule has 20 heavy (non-hydrogen) atoms. The number of hydrazine groups is 1. The van der Waals surface area contributed by atoms with E-state index in [9.17, 15) is 0 Å². The molecule has 1 atom stereocenters. The van der Waals surface area contributed by atoms with Gasteiger partial charge in [-0.25, -0.2) is 5.43 Å². The number of hydrogen-bond donors (Lipinski definition) is 4. The SMILES string of the molecule is COc1ccc(C(NN)c2cn[nH]c2N)c(OC)c1Br. The quantitative estimate of drug-likeness (QED) is 0.482. The number of nitrogens with two attached hydrogens (primary N) is 2. The molecule has 0 radical (unpaired) electrons. The first kappa shape index (κ1) is 14.6. The Kier molecular flexibility index (Phi) is 4.48. The number of halogens is 1. The second-order valence-electron chi connectivity index (χ2n) is 4.04. The lowest BCUT2D eigenvalue weighted by Gasteiger charge is -2.20. The van der Waals surface area contributed by atoms with Crippen LogP contribution in [0.3, 0.4) is 0 Å². The second kappa shape index (κ2) is 6.12. The molecule has 0 amide bonds. The highest BCUT2D eigenvalue weighted by molar-refractivity contribution is 9.10. The molecule has 2 aromatic rings. The Morgan fingerprint density at radius 3 is 2.55 bits per heavy atom. The van der Waals surface area contributed by atoms with Gasteiger partial charge in [0.25, 0.3) is 0 Å². The van der Waals surface area contributed by atoms with Crippen LogP contribution in [0, 0.1) is 0 Å². The van der Waals surface area contributed by atoms with Crippen LogP contribution in [0.25, 0.3) is 0 Å². The minimum Gasteiger partial charge on any atom is -0.495 e. The van der Waals surface area contributed by atoms with E-state index in [4.69, 9.17) is 21.1 Å². The van der Waals surface area contributed by atoms with Crippen LogP contribution in [0.1, 0.15) is 17.2 Å². The van der Waals surface area contributed by atoms with E-state index in [0.717, 1.165) is 11.1 Å². The van der Waals surface area contributed by atoms with Crippen LogP contribution in [0.2, 0.25) is 0 Å². The number of rotatable bonds is 5. The van der Waals surface area contributed by atoms with Gasteiger partial charge < -0.3 is 15.2 Å². The minimum atomic E-state index is -0.356. The number of aromatic nitrogens is 2. The fraction of sp³-hybridized carbons (Fsp3) is 0.250. The number of benzene rings is 1. The summed E-state index contributed by atoms with van der Waals surface area (Å²) in [5.41, 5.74) is 10.1. The van der Waals surface area contributed by atoms with Crippen molar-refractivity contribution in [1.82, 2.24) is 15.6 Å². The number of ether oxygens (including phenoxy) is 2. The van der Waals surface area contributed by atoms with Gasteiger partial charge in [0.1, 0.15) is 21.8 Å². The molecule has 108 valence electrons. The fourth-order valence-electron chi connectivity index (χ4n) is 2.03. The molecule has 1 heterocycles. The van der Waals surface area contributed by atoms with Crippen LogP contribution in [0.4, 0.5) is 5.82 Å². The highest BCUT2D eigenvalue weighted by atomic mass is 79.9. The Hall–Kier alpha value is -1.77. The molecule has 0 aliphatic rings. The Balaban J connectivity index is 2.56. The summed E-state index contributed by atoms with van der Waals surface area (Å²) in [5.74, 6) is 7.39. The van der Waals surface area contributed by atoms with E-state index in [1.165, 1.54) is 0 Å². The number of methoxy groups -OCH3 is 2. The molecule has 0 saturated heterocycles. The first-order valence-corrected chi connectivity index (χ1v) is 6.58. The Morgan fingerprint density at radius 1 is 1.30 bits per heavy atom. The summed E-state index contributed by atoms with van der Waals surface area (Å²) in [6, 6.07) is 3.33. The summed E-state index contributed by atoms with van der Waals surface area (Å²) in [5, 5.41) is 6.59. The normalized spacial score (nSPS) is 12.2. The summed E-state index contributed by atoms with van der Waals surface area (Å²) < 4.78 is 11.4. The highest BCUT2D eigenvalue weighted by Gasteiger charge is 2.23. The molecule has 0 saturated carbocycles. The summed E-state index contributed by atoms with van der Waals surface area (Å²) in [6.45, 7) is 0. The van der Waals surface area contributed by atoms with Crippen molar-refractivity contribution in [3.05, 3.63) is 33.9 Å². The number of anilines is 1. The lowest BCUT2D eigenvalue weighted by Crippen LogP contribution is -2.29. The summed E-state index contributed by atoms with van der Waals surface area (Å²) in [7, 11) is 3.17. The molecule has 6 N–H and O–H groups in total. The van der Waals surface area contributed by atoms with E-state index in [2.05, 4.69) is 31.6 Å². The second-order valence-corrected chi connectivity index (χ2v) is 4.84. The maximum absolute atomic E-state index is 5.85. The van der Waals surface area contributed by atoms with E-state index in [1.807, 2.05) is 12.1 Å². The summed E-state index contributed by atoms with van der Waals surface area (Å²) >= 11 is 3.46. The maximum Gasteiger partial charge on any atom is 0.141 e. The zero-order valence-corrected chi connectivity index (χ0v) is 12.7. The summed E-state index contributed by atoms with van der Waals surface area (Å²) in [4.78, 5) is 0. The average molecular weight is 342 g/mol. The van der Waals surface area contributed by atoms with Crippen LogP contribution in [-0.2, 0) is 0 Å². The van der Waals surface area contributed by atoms with Gasteiger partial charge in [0, 0.05) is 11.1 Å². The third kappa shape index (κ3) is 2.45. The number of nitrogens with zero attached hydrogens (tertiary/aromatic N) is 1. The van der Waals surface area contributed by atoms with Gasteiger partial charge in [-0.05, 0) is 28.1 Å². The molecule has 0 aliphatic heterocycles. The maximum atomic E-state index is 5.85. The van der Waals surface area contributed by atoms with Gasteiger partial charge in [0.15, 0.2) is 0 Å². The third-order valence-corrected chi connectivity index (χ3v) is 3.76. The van der Waals surface area contributed by atoms with E-state index >= 15 is 0 Å². The Labute approximate surface area is 124 Å². The molecule has 1 aromatic carbocycles. The molecule has 0 spiro atoms. The lowest BCUT2D eigenvalue weighted by atomic mass is 10.00. The van der Waals surface area contributed by atoms with Crippen LogP contribution in [0.15, 0.2) is 22.8 Å². The highest BCUT2D eigenvalue weighted by Crippen LogP contribution is 2.41. The van der Waals surface area contributed by atoms with Gasteiger partial charge >= 0.3 is 0 Å². The van der Waals surface area contributed by atoms with Gasteiger partial charge in [-0.2, -0.15) is 5.10 Å². The molecule has 0 fully saturated rings. The van der Waals surface area contributed by atoms with Gasteiger partial charge in [0.2, 0.25) is 0 Å². The van der Waals surface area contributed by atoms with E-state index in [-0.39, 0.29) is 6.04 Å². The van der Waals surface area contributed by atoms with E-state index in [0.29, 0.717) is 21.8 Å². The van der Waals surface area contributed by atoms with Crippen molar-refractivity contribution in [2.45, 2.75) is 6.04 Å². The standard InChI is InChI=1S/C12H16BrN5O2/c1-19-8-4-3-6(11(20-2)9(8)13)10(17-15)7-5-16-18-12(7)14/h3-5,10,17H,15H2,1-2H3,(H3,14,16,18). The number of nitrogen functional groups attached to an aromatic ring is 1. The average Bonchev–Trinajstić information content (AvgIpc) is 2.86. The fourth-order valence-corrected chi connectivity index (χ4v) is 2.71. The van der Waals surface area contributed by atoms with Crippen molar-refractivity contribution in [1.29, 1.82) is 0 Å². The smallest absolute Gasteiger partial charge is 0.141 e. The molecule has 1 unspecified atom stereocenters. The molecule has 8 heteroatoms. The van der Waals surface area contributed by atoms with Crippen LogP contribution in [0.5, 0.6) is 11.5 Å². The van der Waals surface area contributed by atoms with Crippen molar-refractivity contribution < 1.29 is 9.47 Å². The van der Waals surface area contributed by atoms with Crippen molar-refractivity contribution in [3.8, 4) is 11.5 Å². The Morgan fingerprint density at radius 2 is 2.05 bits per heavy atom. The minimum absolute atomic E-state index is 0.356. The van der Waals surface area contributed by atoms with Crippen LogP contribution in [-0.4, -0.2) is 24.4 Å². The number of aromatic amines is 1. The van der Waals surface area contributed by atoms with Crippen molar-refractivity contribution in [2.24, 2.45) is 5.84 Å².